The van der Waals surface area contributed by atoms with E-state index in [0.29, 0.717) is 0 Å². The van der Waals surface area contributed by atoms with E-state index in [-0.39, 0.29) is 5.41 Å². The second kappa shape index (κ2) is 5.88. The van der Waals surface area contributed by atoms with Crippen molar-refractivity contribution in [3.8, 4) is 0 Å². The van der Waals surface area contributed by atoms with E-state index < -0.39 is 0 Å². The maximum atomic E-state index is 5.06. The van der Waals surface area contributed by atoms with E-state index in [1.54, 1.807) is 0 Å². The van der Waals surface area contributed by atoms with Crippen LogP contribution in [0, 0.1) is 0 Å². The Morgan fingerprint density at radius 3 is 2.48 bits per heavy atom. The van der Waals surface area contributed by atoms with Gasteiger partial charge in [0.25, 0.3) is 0 Å². The van der Waals surface area contributed by atoms with Crippen LogP contribution in [0.2, 0.25) is 0 Å². The molecule has 1 N–H and O–H groups in total. The third kappa shape index (κ3) is 3.78. The molecule has 118 valence electrons. The summed E-state index contributed by atoms with van der Waals surface area (Å²) >= 11 is 1.92. The summed E-state index contributed by atoms with van der Waals surface area (Å²) in [6.07, 6.45) is 6.60. The SMILES string of the molecule is CCCN(c1nc(C(C)(C)C)c(CNC2CC2)s1)C1CC1. The van der Waals surface area contributed by atoms with Gasteiger partial charge >= 0.3 is 0 Å². The van der Waals surface area contributed by atoms with Crippen LogP contribution in [0.15, 0.2) is 0 Å². The van der Waals surface area contributed by atoms with Crippen LogP contribution in [0.25, 0.3) is 0 Å². The van der Waals surface area contributed by atoms with Crippen LogP contribution >= 0.6 is 11.3 Å². The molecule has 0 aromatic carbocycles. The summed E-state index contributed by atoms with van der Waals surface area (Å²) in [6, 6.07) is 1.52. The zero-order valence-corrected chi connectivity index (χ0v) is 14.7. The molecule has 21 heavy (non-hydrogen) atoms. The van der Waals surface area contributed by atoms with Gasteiger partial charge in [0, 0.05) is 35.5 Å². The van der Waals surface area contributed by atoms with Gasteiger partial charge in [0.15, 0.2) is 5.13 Å². The monoisotopic (exact) mass is 307 g/mol. The number of aromatic nitrogens is 1. The average molecular weight is 308 g/mol. The van der Waals surface area contributed by atoms with Gasteiger partial charge in [-0.15, -0.1) is 11.3 Å². The maximum Gasteiger partial charge on any atom is 0.186 e. The summed E-state index contributed by atoms with van der Waals surface area (Å²) in [6.45, 7) is 11.3. The molecule has 4 heteroatoms. The van der Waals surface area contributed by atoms with Crippen molar-refractivity contribution in [2.45, 2.75) is 83.8 Å². The first-order chi connectivity index (χ1) is 9.99. The smallest absolute Gasteiger partial charge is 0.186 e. The standard InChI is InChI=1S/C17H29N3S/c1-5-10-20(13-8-9-13)16-19-15(17(2,3)4)14(21-16)11-18-12-6-7-12/h12-13,18H,5-11H2,1-4H3. The Morgan fingerprint density at radius 2 is 1.95 bits per heavy atom. The summed E-state index contributed by atoms with van der Waals surface area (Å²) < 4.78 is 0. The van der Waals surface area contributed by atoms with Crippen LogP contribution < -0.4 is 10.2 Å². The Balaban J connectivity index is 1.82. The molecule has 1 aromatic rings. The van der Waals surface area contributed by atoms with Gasteiger partial charge in [-0.1, -0.05) is 27.7 Å². The number of hydrogen-bond acceptors (Lipinski definition) is 4. The first kappa shape index (κ1) is 15.3. The fraction of sp³-hybridized carbons (Fsp3) is 0.824. The van der Waals surface area contributed by atoms with Gasteiger partial charge in [-0.25, -0.2) is 4.98 Å². The molecule has 0 radical (unpaired) electrons. The number of rotatable bonds is 7. The van der Waals surface area contributed by atoms with E-state index >= 15 is 0 Å². The first-order valence-electron chi connectivity index (χ1n) is 8.49. The minimum absolute atomic E-state index is 0.136. The molecule has 1 heterocycles. The highest BCUT2D eigenvalue weighted by Crippen LogP contribution is 2.39. The molecule has 2 fully saturated rings. The second-order valence-corrected chi connectivity index (χ2v) is 8.66. The lowest BCUT2D eigenvalue weighted by molar-refractivity contribution is 0.558. The Hall–Kier alpha value is -0.610. The third-order valence-electron chi connectivity index (χ3n) is 4.22. The molecule has 2 saturated carbocycles. The summed E-state index contributed by atoms with van der Waals surface area (Å²) in [5.74, 6) is 0. The van der Waals surface area contributed by atoms with E-state index in [0.717, 1.165) is 25.2 Å². The Kier molecular flexibility index (Phi) is 4.28. The van der Waals surface area contributed by atoms with Gasteiger partial charge in [0.05, 0.1) is 5.69 Å². The van der Waals surface area contributed by atoms with Gasteiger partial charge in [0.1, 0.15) is 0 Å². The molecule has 0 aliphatic heterocycles. The second-order valence-electron chi connectivity index (χ2n) is 7.60. The average Bonchev–Trinajstić information content (AvgIpc) is 3.31. The van der Waals surface area contributed by atoms with Crippen molar-refractivity contribution in [2.24, 2.45) is 0 Å². The van der Waals surface area contributed by atoms with Crippen LogP contribution in [0.5, 0.6) is 0 Å². The molecular formula is C17H29N3S. The van der Waals surface area contributed by atoms with E-state index in [9.17, 15) is 0 Å². The fourth-order valence-electron chi connectivity index (χ4n) is 2.75. The number of anilines is 1. The maximum absolute atomic E-state index is 5.06. The Labute approximate surface area is 133 Å². The van der Waals surface area contributed by atoms with Gasteiger partial charge in [-0.2, -0.15) is 0 Å². The van der Waals surface area contributed by atoms with Gasteiger partial charge in [-0.3, -0.25) is 0 Å². The highest BCUT2D eigenvalue weighted by Gasteiger charge is 2.33. The van der Waals surface area contributed by atoms with Crippen molar-refractivity contribution < 1.29 is 0 Å². The summed E-state index contributed by atoms with van der Waals surface area (Å²) in [5.41, 5.74) is 1.44. The summed E-state index contributed by atoms with van der Waals surface area (Å²) in [7, 11) is 0. The van der Waals surface area contributed by atoms with E-state index in [1.807, 2.05) is 11.3 Å². The van der Waals surface area contributed by atoms with Gasteiger partial charge in [0.2, 0.25) is 0 Å². The van der Waals surface area contributed by atoms with Crippen molar-refractivity contribution in [3.05, 3.63) is 10.6 Å². The first-order valence-corrected chi connectivity index (χ1v) is 9.31. The van der Waals surface area contributed by atoms with Crippen LogP contribution in [-0.4, -0.2) is 23.6 Å². The lowest BCUT2D eigenvalue weighted by Gasteiger charge is -2.21. The minimum Gasteiger partial charge on any atom is -0.345 e. The molecule has 2 aliphatic rings. The van der Waals surface area contributed by atoms with Gasteiger partial charge < -0.3 is 10.2 Å². The van der Waals surface area contributed by atoms with Crippen molar-refractivity contribution >= 4 is 16.5 Å². The highest BCUT2D eigenvalue weighted by atomic mass is 32.1. The fourth-order valence-corrected chi connectivity index (χ4v) is 4.07. The van der Waals surface area contributed by atoms with Crippen LogP contribution in [-0.2, 0) is 12.0 Å². The lowest BCUT2D eigenvalue weighted by atomic mass is 9.91. The van der Waals surface area contributed by atoms with Crippen molar-refractivity contribution in [3.63, 3.8) is 0 Å². The Bertz CT molecular complexity index is 481. The molecule has 0 atom stereocenters. The molecular weight excluding hydrogens is 278 g/mol. The van der Waals surface area contributed by atoms with Crippen molar-refractivity contribution in [1.29, 1.82) is 0 Å². The molecule has 0 saturated heterocycles. The zero-order chi connectivity index (χ0) is 15.0. The van der Waals surface area contributed by atoms with E-state index in [1.165, 1.54) is 47.8 Å². The summed E-state index contributed by atoms with van der Waals surface area (Å²) in [5, 5.41) is 4.93. The molecule has 3 rings (SSSR count). The molecule has 3 nitrogen and oxygen atoms in total. The van der Waals surface area contributed by atoms with Crippen LogP contribution in [0.3, 0.4) is 0 Å². The quantitative estimate of drug-likeness (QED) is 0.823. The summed E-state index contributed by atoms with van der Waals surface area (Å²) in [4.78, 5) is 9.07. The molecule has 0 amide bonds. The largest absolute Gasteiger partial charge is 0.345 e. The number of hydrogen-bond donors (Lipinski definition) is 1. The molecule has 1 aromatic heterocycles. The van der Waals surface area contributed by atoms with Crippen LogP contribution in [0.1, 0.15) is 70.4 Å². The topological polar surface area (TPSA) is 28.2 Å². The normalized spacial score (nSPS) is 19.0. The molecule has 0 spiro atoms. The number of nitrogens with one attached hydrogen (secondary N) is 1. The molecule has 0 bridgehead atoms. The van der Waals surface area contributed by atoms with Gasteiger partial charge in [-0.05, 0) is 32.1 Å². The van der Waals surface area contributed by atoms with Crippen molar-refractivity contribution in [1.82, 2.24) is 10.3 Å². The molecule has 2 aliphatic carbocycles. The number of nitrogens with zero attached hydrogens (tertiary/aromatic N) is 2. The van der Waals surface area contributed by atoms with E-state index in [2.05, 4.69) is 37.9 Å². The molecule has 0 unspecified atom stereocenters. The predicted molar refractivity (Wildman–Crippen MR) is 91.3 cm³/mol. The minimum atomic E-state index is 0.136. The third-order valence-corrected chi connectivity index (χ3v) is 5.32. The van der Waals surface area contributed by atoms with E-state index in [4.69, 9.17) is 4.98 Å². The number of thiazole rings is 1. The predicted octanol–water partition coefficient (Wildman–Crippen LogP) is 4.07. The zero-order valence-electron chi connectivity index (χ0n) is 13.9. The lowest BCUT2D eigenvalue weighted by Crippen LogP contribution is -2.26. The van der Waals surface area contributed by atoms with Crippen molar-refractivity contribution in [2.75, 3.05) is 11.4 Å². The Morgan fingerprint density at radius 1 is 1.24 bits per heavy atom. The van der Waals surface area contributed by atoms with Crippen LogP contribution in [0.4, 0.5) is 5.13 Å². The highest BCUT2D eigenvalue weighted by molar-refractivity contribution is 7.15.